The Morgan fingerprint density at radius 3 is 2.39 bits per heavy atom. The topological polar surface area (TPSA) is 12.5 Å². The van der Waals surface area contributed by atoms with Crippen LogP contribution < -0.4 is 4.74 Å². The molecule has 2 aliphatic rings. The molecule has 18 heavy (non-hydrogen) atoms. The van der Waals surface area contributed by atoms with Crippen molar-refractivity contribution in [1.82, 2.24) is 4.90 Å². The quantitative estimate of drug-likeness (QED) is 0.794. The molecule has 1 aliphatic carbocycles. The van der Waals surface area contributed by atoms with Gasteiger partial charge in [-0.25, -0.2) is 0 Å². The van der Waals surface area contributed by atoms with Gasteiger partial charge in [-0.2, -0.15) is 0 Å². The Bertz CT molecular complexity index is 433. The highest BCUT2D eigenvalue weighted by Gasteiger charge is 2.36. The molecule has 0 bridgehead atoms. The zero-order valence-corrected chi connectivity index (χ0v) is 11.6. The molecule has 2 nitrogen and oxygen atoms in total. The summed E-state index contributed by atoms with van der Waals surface area (Å²) in [6, 6.07) is 8.78. The molecule has 0 saturated carbocycles. The fourth-order valence-corrected chi connectivity index (χ4v) is 3.84. The van der Waals surface area contributed by atoms with E-state index in [4.69, 9.17) is 4.74 Å². The monoisotopic (exact) mass is 245 g/mol. The third kappa shape index (κ3) is 1.93. The van der Waals surface area contributed by atoms with Crippen molar-refractivity contribution in [2.45, 2.75) is 57.7 Å². The normalized spacial score (nSPS) is 31.6. The van der Waals surface area contributed by atoms with Gasteiger partial charge >= 0.3 is 0 Å². The van der Waals surface area contributed by atoms with Crippen LogP contribution in [-0.4, -0.2) is 30.1 Å². The van der Waals surface area contributed by atoms with E-state index in [1.807, 2.05) is 0 Å². The second-order valence-electron chi connectivity index (χ2n) is 5.92. The van der Waals surface area contributed by atoms with E-state index in [0.29, 0.717) is 6.04 Å². The van der Waals surface area contributed by atoms with Gasteiger partial charge in [0.05, 0.1) is 7.11 Å². The molecule has 1 aromatic carbocycles. The van der Waals surface area contributed by atoms with Crippen LogP contribution in [0.5, 0.6) is 5.75 Å². The summed E-state index contributed by atoms with van der Waals surface area (Å²) in [7, 11) is 1.75. The van der Waals surface area contributed by atoms with Crippen LogP contribution >= 0.6 is 0 Å². The SMILES string of the molecule is COc1ccc2c(c1)CC(N1[C@H](C)CC[C@H]1C)C2. The van der Waals surface area contributed by atoms with E-state index in [0.717, 1.165) is 17.8 Å². The zero-order valence-electron chi connectivity index (χ0n) is 11.6. The van der Waals surface area contributed by atoms with Gasteiger partial charge in [0.15, 0.2) is 0 Å². The highest BCUT2D eigenvalue weighted by Crippen LogP contribution is 2.34. The number of rotatable bonds is 2. The van der Waals surface area contributed by atoms with Crippen molar-refractivity contribution in [2.75, 3.05) is 7.11 Å². The molecule has 0 N–H and O–H groups in total. The predicted octanol–water partition coefficient (Wildman–Crippen LogP) is 3.04. The maximum absolute atomic E-state index is 5.33. The lowest BCUT2D eigenvalue weighted by Crippen LogP contribution is -2.42. The van der Waals surface area contributed by atoms with Crippen LogP contribution in [0.15, 0.2) is 18.2 Å². The first-order valence-corrected chi connectivity index (χ1v) is 7.12. The highest BCUT2D eigenvalue weighted by molar-refractivity contribution is 5.40. The summed E-state index contributed by atoms with van der Waals surface area (Å²) in [4.78, 5) is 2.74. The lowest BCUT2D eigenvalue weighted by atomic mass is 10.1. The standard InChI is InChI=1S/C16H23NO/c1-11-4-5-12(2)17(11)15-8-13-6-7-16(18-3)10-14(13)9-15/h6-7,10-12,15H,4-5,8-9H2,1-3H3/t11-,12-,15?/m1/s1. The molecule has 1 heterocycles. The van der Waals surface area contributed by atoms with Crippen molar-refractivity contribution in [2.24, 2.45) is 0 Å². The molecule has 1 saturated heterocycles. The van der Waals surface area contributed by atoms with E-state index in [-0.39, 0.29) is 0 Å². The van der Waals surface area contributed by atoms with Gasteiger partial charge in [0, 0.05) is 18.1 Å². The van der Waals surface area contributed by atoms with E-state index < -0.39 is 0 Å². The number of hydrogen-bond acceptors (Lipinski definition) is 2. The Kier molecular flexibility index (Phi) is 3.06. The van der Waals surface area contributed by atoms with Crippen LogP contribution in [0.2, 0.25) is 0 Å². The molecule has 1 aromatic rings. The maximum Gasteiger partial charge on any atom is 0.119 e. The Balaban J connectivity index is 1.80. The fourth-order valence-electron chi connectivity index (χ4n) is 3.84. The van der Waals surface area contributed by atoms with Crippen LogP contribution in [0.3, 0.4) is 0 Å². The second kappa shape index (κ2) is 4.58. The van der Waals surface area contributed by atoms with Crippen molar-refractivity contribution in [1.29, 1.82) is 0 Å². The van der Waals surface area contributed by atoms with Crippen molar-refractivity contribution >= 4 is 0 Å². The molecule has 1 aliphatic heterocycles. The van der Waals surface area contributed by atoms with Crippen LogP contribution in [0, 0.1) is 0 Å². The Labute approximate surface area is 110 Å². The number of likely N-dealkylation sites (tertiary alicyclic amines) is 1. The summed E-state index contributed by atoms with van der Waals surface area (Å²) in [5.74, 6) is 0.997. The third-order valence-corrected chi connectivity index (χ3v) is 4.77. The van der Waals surface area contributed by atoms with Gasteiger partial charge in [0.25, 0.3) is 0 Å². The summed E-state index contributed by atoms with van der Waals surface area (Å²) in [6.45, 7) is 4.76. The van der Waals surface area contributed by atoms with E-state index in [1.165, 1.54) is 36.8 Å². The molecule has 1 unspecified atom stereocenters. The van der Waals surface area contributed by atoms with Gasteiger partial charge in [-0.05, 0) is 62.8 Å². The minimum atomic E-state index is 0.708. The van der Waals surface area contributed by atoms with Crippen molar-refractivity contribution in [3.05, 3.63) is 29.3 Å². The zero-order chi connectivity index (χ0) is 12.7. The average molecular weight is 245 g/mol. The highest BCUT2D eigenvalue weighted by atomic mass is 16.5. The maximum atomic E-state index is 5.33. The lowest BCUT2D eigenvalue weighted by Gasteiger charge is -2.32. The van der Waals surface area contributed by atoms with E-state index in [1.54, 1.807) is 7.11 Å². The summed E-state index contributed by atoms with van der Waals surface area (Å²) in [6.07, 6.45) is 5.13. The smallest absolute Gasteiger partial charge is 0.119 e. The number of methoxy groups -OCH3 is 1. The van der Waals surface area contributed by atoms with E-state index in [2.05, 4.69) is 36.9 Å². The van der Waals surface area contributed by atoms with Crippen LogP contribution in [-0.2, 0) is 12.8 Å². The number of fused-ring (bicyclic) bond motifs is 1. The van der Waals surface area contributed by atoms with Gasteiger partial charge in [-0.3, -0.25) is 4.90 Å². The second-order valence-corrected chi connectivity index (χ2v) is 5.92. The van der Waals surface area contributed by atoms with Gasteiger partial charge in [-0.15, -0.1) is 0 Å². The minimum absolute atomic E-state index is 0.708. The molecule has 3 atom stereocenters. The third-order valence-electron chi connectivity index (χ3n) is 4.77. The number of hydrogen-bond donors (Lipinski definition) is 0. The predicted molar refractivity (Wildman–Crippen MR) is 74.2 cm³/mol. The molecule has 0 spiro atoms. The van der Waals surface area contributed by atoms with Gasteiger partial charge in [0.1, 0.15) is 5.75 Å². The number of nitrogens with zero attached hydrogens (tertiary/aromatic N) is 1. The van der Waals surface area contributed by atoms with Crippen LogP contribution in [0.4, 0.5) is 0 Å². The molecular weight excluding hydrogens is 222 g/mol. The number of ether oxygens (including phenoxy) is 1. The van der Waals surface area contributed by atoms with Gasteiger partial charge < -0.3 is 4.74 Å². The Morgan fingerprint density at radius 2 is 1.72 bits per heavy atom. The summed E-state index contributed by atoms with van der Waals surface area (Å²) < 4.78 is 5.33. The van der Waals surface area contributed by atoms with E-state index >= 15 is 0 Å². The average Bonchev–Trinajstić information content (AvgIpc) is 2.91. The first kappa shape index (κ1) is 12.0. The molecule has 0 aromatic heterocycles. The summed E-state index contributed by atoms with van der Waals surface area (Å²) >= 11 is 0. The van der Waals surface area contributed by atoms with Crippen molar-refractivity contribution in [3.8, 4) is 5.75 Å². The minimum Gasteiger partial charge on any atom is -0.497 e. The van der Waals surface area contributed by atoms with Crippen LogP contribution in [0.1, 0.15) is 37.8 Å². The van der Waals surface area contributed by atoms with Crippen molar-refractivity contribution < 1.29 is 4.74 Å². The van der Waals surface area contributed by atoms with E-state index in [9.17, 15) is 0 Å². The summed E-state index contributed by atoms with van der Waals surface area (Å²) in [5.41, 5.74) is 3.01. The fraction of sp³-hybridized carbons (Fsp3) is 0.625. The molecule has 0 radical (unpaired) electrons. The van der Waals surface area contributed by atoms with Gasteiger partial charge in [-0.1, -0.05) is 6.07 Å². The first-order valence-electron chi connectivity index (χ1n) is 7.12. The molecule has 2 heteroatoms. The first-order chi connectivity index (χ1) is 8.69. The van der Waals surface area contributed by atoms with Gasteiger partial charge in [0.2, 0.25) is 0 Å². The Hall–Kier alpha value is -1.02. The number of benzene rings is 1. The molecule has 3 rings (SSSR count). The molecular formula is C16H23NO. The Morgan fingerprint density at radius 1 is 1.06 bits per heavy atom. The summed E-state index contributed by atoms with van der Waals surface area (Å²) in [5, 5.41) is 0. The molecule has 98 valence electrons. The molecule has 0 amide bonds. The largest absolute Gasteiger partial charge is 0.497 e. The lowest BCUT2D eigenvalue weighted by molar-refractivity contribution is 0.149. The van der Waals surface area contributed by atoms with Crippen molar-refractivity contribution in [3.63, 3.8) is 0 Å². The van der Waals surface area contributed by atoms with Crippen LogP contribution in [0.25, 0.3) is 0 Å². The molecule has 1 fully saturated rings.